The fourth-order valence-electron chi connectivity index (χ4n) is 2.19. The van der Waals surface area contributed by atoms with Gasteiger partial charge >= 0.3 is 0 Å². The van der Waals surface area contributed by atoms with Crippen molar-refractivity contribution in [1.82, 2.24) is 10.6 Å². The molecule has 126 valence electrons. The lowest BCUT2D eigenvalue weighted by molar-refractivity contribution is -0.124. The summed E-state index contributed by atoms with van der Waals surface area (Å²) in [7, 11) is 0. The molecule has 0 fully saturated rings. The summed E-state index contributed by atoms with van der Waals surface area (Å²) >= 11 is 1.27. The number of hydrogen-bond acceptors (Lipinski definition) is 6. The first-order valence-corrected chi connectivity index (χ1v) is 8.17. The highest BCUT2D eigenvalue weighted by atomic mass is 32.1. The first kappa shape index (κ1) is 16.3. The summed E-state index contributed by atoms with van der Waals surface area (Å²) in [5, 5.41) is 16.3. The molecule has 1 atom stereocenters. The van der Waals surface area contributed by atoms with Gasteiger partial charge in [-0.25, -0.2) is 0 Å². The SMILES string of the molecule is O=C(NC(CO)C(=O)NCc1ccc2c(c1)OCO2)c1cccs1. The predicted octanol–water partition coefficient (Wildman–Crippen LogP) is 0.884. The van der Waals surface area contributed by atoms with E-state index in [1.165, 1.54) is 11.3 Å². The molecular weight excluding hydrogens is 332 g/mol. The van der Waals surface area contributed by atoms with Crippen molar-refractivity contribution in [3.8, 4) is 11.5 Å². The van der Waals surface area contributed by atoms with Gasteiger partial charge in [-0.1, -0.05) is 12.1 Å². The van der Waals surface area contributed by atoms with E-state index in [1.54, 1.807) is 29.6 Å². The Labute approximate surface area is 142 Å². The van der Waals surface area contributed by atoms with E-state index >= 15 is 0 Å². The van der Waals surface area contributed by atoms with Gasteiger partial charge in [0.2, 0.25) is 12.7 Å². The van der Waals surface area contributed by atoms with Crippen LogP contribution in [0.25, 0.3) is 0 Å². The number of amides is 2. The fraction of sp³-hybridized carbons (Fsp3) is 0.250. The van der Waals surface area contributed by atoms with Crippen LogP contribution in [-0.4, -0.2) is 36.4 Å². The Morgan fingerprint density at radius 1 is 1.25 bits per heavy atom. The lowest BCUT2D eigenvalue weighted by Crippen LogP contribution is -2.48. The van der Waals surface area contributed by atoms with E-state index in [4.69, 9.17) is 9.47 Å². The smallest absolute Gasteiger partial charge is 0.262 e. The third-order valence-corrected chi connectivity index (χ3v) is 4.32. The Balaban J connectivity index is 1.55. The van der Waals surface area contributed by atoms with E-state index in [2.05, 4.69) is 10.6 Å². The minimum absolute atomic E-state index is 0.187. The molecule has 2 amide bonds. The molecule has 2 heterocycles. The van der Waals surface area contributed by atoms with Gasteiger partial charge in [-0.05, 0) is 29.1 Å². The van der Waals surface area contributed by atoms with Crippen molar-refractivity contribution in [3.05, 3.63) is 46.2 Å². The molecule has 3 rings (SSSR count). The second-order valence-electron chi connectivity index (χ2n) is 5.09. The standard InChI is InChI=1S/C16H16N2O5S/c19-8-11(18-16(21)14-2-1-5-24-14)15(20)17-7-10-3-4-12-13(6-10)23-9-22-12/h1-6,11,19H,7-9H2,(H,17,20)(H,18,21). The molecule has 3 N–H and O–H groups in total. The molecule has 2 aromatic rings. The third kappa shape index (κ3) is 3.66. The van der Waals surface area contributed by atoms with Crippen molar-refractivity contribution >= 4 is 23.2 Å². The van der Waals surface area contributed by atoms with Gasteiger partial charge in [-0.15, -0.1) is 11.3 Å². The first-order chi connectivity index (χ1) is 11.7. The summed E-state index contributed by atoms with van der Waals surface area (Å²) in [5.74, 6) is 0.454. The number of hydrogen-bond donors (Lipinski definition) is 3. The number of nitrogens with one attached hydrogen (secondary N) is 2. The number of rotatable bonds is 6. The summed E-state index contributed by atoms with van der Waals surface area (Å²) in [6.45, 7) is -0.0442. The minimum Gasteiger partial charge on any atom is -0.454 e. The van der Waals surface area contributed by atoms with Crippen LogP contribution in [-0.2, 0) is 11.3 Å². The number of aliphatic hydroxyl groups excluding tert-OH is 1. The molecule has 1 aliphatic rings. The number of carbonyl (C=O) groups is 2. The molecule has 1 aromatic heterocycles. The second-order valence-corrected chi connectivity index (χ2v) is 6.04. The Morgan fingerprint density at radius 3 is 2.83 bits per heavy atom. The van der Waals surface area contributed by atoms with Crippen molar-refractivity contribution in [2.24, 2.45) is 0 Å². The zero-order valence-electron chi connectivity index (χ0n) is 12.7. The van der Waals surface area contributed by atoms with E-state index in [0.717, 1.165) is 5.56 Å². The molecule has 1 aliphatic heterocycles. The van der Waals surface area contributed by atoms with Crippen LogP contribution >= 0.6 is 11.3 Å². The number of carbonyl (C=O) groups excluding carboxylic acids is 2. The van der Waals surface area contributed by atoms with Crippen LogP contribution in [0.4, 0.5) is 0 Å². The van der Waals surface area contributed by atoms with Crippen LogP contribution in [0.1, 0.15) is 15.2 Å². The quantitative estimate of drug-likeness (QED) is 0.720. The molecule has 0 aliphatic carbocycles. The fourth-order valence-corrected chi connectivity index (χ4v) is 2.82. The average Bonchev–Trinajstić information content (AvgIpc) is 3.27. The maximum atomic E-state index is 12.1. The minimum atomic E-state index is -1.01. The highest BCUT2D eigenvalue weighted by molar-refractivity contribution is 7.12. The van der Waals surface area contributed by atoms with E-state index in [1.807, 2.05) is 6.07 Å². The van der Waals surface area contributed by atoms with Crippen LogP contribution < -0.4 is 20.1 Å². The van der Waals surface area contributed by atoms with Gasteiger partial charge in [0.25, 0.3) is 5.91 Å². The number of benzene rings is 1. The van der Waals surface area contributed by atoms with Gasteiger partial charge in [-0.3, -0.25) is 9.59 Å². The molecule has 7 nitrogen and oxygen atoms in total. The monoisotopic (exact) mass is 348 g/mol. The molecule has 1 unspecified atom stereocenters. The molecule has 0 radical (unpaired) electrons. The van der Waals surface area contributed by atoms with Crippen molar-refractivity contribution in [3.63, 3.8) is 0 Å². The van der Waals surface area contributed by atoms with Crippen molar-refractivity contribution in [2.45, 2.75) is 12.6 Å². The lowest BCUT2D eigenvalue weighted by atomic mass is 10.2. The molecule has 0 saturated heterocycles. The van der Waals surface area contributed by atoms with E-state index in [0.29, 0.717) is 16.4 Å². The number of ether oxygens (including phenoxy) is 2. The highest BCUT2D eigenvalue weighted by Crippen LogP contribution is 2.32. The zero-order chi connectivity index (χ0) is 16.9. The normalized spacial score (nSPS) is 13.4. The third-order valence-electron chi connectivity index (χ3n) is 3.45. The maximum Gasteiger partial charge on any atom is 0.262 e. The topological polar surface area (TPSA) is 96.9 Å². The molecule has 0 bridgehead atoms. The van der Waals surface area contributed by atoms with Gasteiger partial charge in [0, 0.05) is 6.54 Å². The van der Waals surface area contributed by atoms with Crippen molar-refractivity contribution in [2.75, 3.05) is 13.4 Å². The Kier molecular flexibility index (Phi) is 4.97. The second kappa shape index (κ2) is 7.33. The number of aliphatic hydroxyl groups is 1. The van der Waals surface area contributed by atoms with Gasteiger partial charge < -0.3 is 25.2 Å². The highest BCUT2D eigenvalue weighted by Gasteiger charge is 2.21. The maximum absolute atomic E-state index is 12.1. The molecular formula is C16H16N2O5S. The number of thiophene rings is 1. The van der Waals surface area contributed by atoms with E-state index in [9.17, 15) is 14.7 Å². The summed E-state index contributed by atoms with van der Waals surface area (Å²) < 4.78 is 10.5. The summed E-state index contributed by atoms with van der Waals surface area (Å²) in [5.41, 5.74) is 0.828. The van der Waals surface area contributed by atoms with E-state index < -0.39 is 18.6 Å². The summed E-state index contributed by atoms with van der Waals surface area (Å²) in [6, 6.07) is 7.75. The molecule has 0 saturated carbocycles. The largest absolute Gasteiger partial charge is 0.454 e. The average molecular weight is 348 g/mol. The molecule has 0 spiro atoms. The summed E-state index contributed by atoms with van der Waals surface area (Å²) in [4.78, 5) is 24.6. The molecule has 24 heavy (non-hydrogen) atoms. The zero-order valence-corrected chi connectivity index (χ0v) is 13.5. The molecule has 8 heteroatoms. The van der Waals surface area contributed by atoms with Crippen molar-refractivity contribution in [1.29, 1.82) is 0 Å². The Bertz CT molecular complexity index is 732. The van der Waals surface area contributed by atoms with Gasteiger partial charge in [0.1, 0.15) is 6.04 Å². The van der Waals surface area contributed by atoms with Crippen LogP contribution in [0.5, 0.6) is 11.5 Å². The Morgan fingerprint density at radius 2 is 2.08 bits per heavy atom. The van der Waals surface area contributed by atoms with Crippen LogP contribution in [0.2, 0.25) is 0 Å². The molecule has 1 aromatic carbocycles. The first-order valence-electron chi connectivity index (χ1n) is 7.29. The van der Waals surface area contributed by atoms with Gasteiger partial charge in [0.05, 0.1) is 11.5 Å². The van der Waals surface area contributed by atoms with Crippen LogP contribution in [0.15, 0.2) is 35.7 Å². The lowest BCUT2D eigenvalue weighted by Gasteiger charge is -2.16. The van der Waals surface area contributed by atoms with E-state index in [-0.39, 0.29) is 19.2 Å². The van der Waals surface area contributed by atoms with Crippen LogP contribution in [0.3, 0.4) is 0 Å². The van der Waals surface area contributed by atoms with Crippen molar-refractivity contribution < 1.29 is 24.2 Å². The Hall–Kier alpha value is -2.58. The predicted molar refractivity (Wildman–Crippen MR) is 87.1 cm³/mol. The number of fused-ring (bicyclic) bond motifs is 1. The van der Waals surface area contributed by atoms with Gasteiger partial charge in [0.15, 0.2) is 11.5 Å². The summed E-state index contributed by atoms with van der Waals surface area (Å²) in [6.07, 6.45) is 0. The van der Waals surface area contributed by atoms with Crippen LogP contribution in [0, 0.1) is 0 Å². The van der Waals surface area contributed by atoms with Gasteiger partial charge in [-0.2, -0.15) is 0 Å².